The molecule has 6 heteroatoms. The molecule has 206 valence electrons. The highest BCUT2D eigenvalue weighted by atomic mass is 16.5. The molecular formula is C34H35NO5. The van der Waals surface area contributed by atoms with Gasteiger partial charge in [0, 0.05) is 29.3 Å². The van der Waals surface area contributed by atoms with Crippen LogP contribution >= 0.6 is 0 Å². The first-order valence-corrected chi connectivity index (χ1v) is 13.6. The fourth-order valence-electron chi connectivity index (χ4n) is 5.66. The number of methoxy groups -OCH3 is 1. The predicted molar refractivity (Wildman–Crippen MR) is 154 cm³/mol. The summed E-state index contributed by atoms with van der Waals surface area (Å²) >= 11 is 0. The van der Waals surface area contributed by atoms with Gasteiger partial charge in [-0.1, -0.05) is 80.6 Å². The SMILES string of the molecule is COc1cc([C@H]2C3=C(CC(C)(C)CC3=O)N=C(C)C2C(=O)OCc2ccccc2)ccc1OCc1ccccc1. The molecule has 2 atom stereocenters. The van der Waals surface area contributed by atoms with E-state index in [1.807, 2.05) is 85.8 Å². The summed E-state index contributed by atoms with van der Waals surface area (Å²) in [7, 11) is 1.59. The molecule has 0 fully saturated rings. The summed E-state index contributed by atoms with van der Waals surface area (Å²) in [6.45, 7) is 6.56. The second-order valence-corrected chi connectivity index (χ2v) is 11.3. The number of ether oxygens (including phenoxy) is 3. The van der Waals surface area contributed by atoms with E-state index >= 15 is 0 Å². The first-order chi connectivity index (χ1) is 19.3. The van der Waals surface area contributed by atoms with Gasteiger partial charge in [0.1, 0.15) is 19.1 Å². The van der Waals surface area contributed by atoms with Crippen LogP contribution in [-0.4, -0.2) is 24.6 Å². The van der Waals surface area contributed by atoms with Gasteiger partial charge in [-0.15, -0.1) is 0 Å². The smallest absolute Gasteiger partial charge is 0.315 e. The molecule has 0 spiro atoms. The van der Waals surface area contributed by atoms with Gasteiger partial charge < -0.3 is 14.2 Å². The third-order valence-corrected chi connectivity index (χ3v) is 7.56. The molecule has 1 unspecified atom stereocenters. The zero-order valence-electron chi connectivity index (χ0n) is 23.5. The molecular weight excluding hydrogens is 502 g/mol. The van der Waals surface area contributed by atoms with Crippen molar-refractivity contribution in [2.75, 3.05) is 7.11 Å². The molecule has 0 amide bonds. The molecule has 0 N–H and O–H groups in total. The maximum Gasteiger partial charge on any atom is 0.315 e. The van der Waals surface area contributed by atoms with Crippen molar-refractivity contribution < 1.29 is 23.8 Å². The van der Waals surface area contributed by atoms with Crippen LogP contribution in [0.3, 0.4) is 0 Å². The van der Waals surface area contributed by atoms with E-state index in [9.17, 15) is 9.59 Å². The van der Waals surface area contributed by atoms with Crippen LogP contribution in [0.15, 0.2) is 95.1 Å². The van der Waals surface area contributed by atoms with E-state index in [4.69, 9.17) is 19.2 Å². The van der Waals surface area contributed by atoms with E-state index in [1.165, 1.54) is 0 Å². The van der Waals surface area contributed by atoms with E-state index in [0.717, 1.165) is 22.4 Å². The summed E-state index contributed by atoms with van der Waals surface area (Å²) in [4.78, 5) is 32.1. The number of rotatable bonds is 8. The number of hydrogen-bond acceptors (Lipinski definition) is 6. The Balaban J connectivity index is 1.50. The van der Waals surface area contributed by atoms with Crippen LogP contribution in [0.5, 0.6) is 11.5 Å². The van der Waals surface area contributed by atoms with E-state index in [1.54, 1.807) is 7.11 Å². The molecule has 1 aliphatic heterocycles. The van der Waals surface area contributed by atoms with Crippen molar-refractivity contribution in [3.63, 3.8) is 0 Å². The number of esters is 1. The molecule has 0 saturated carbocycles. The van der Waals surface area contributed by atoms with Crippen molar-refractivity contribution in [1.29, 1.82) is 0 Å². The standard InChI is InChI=1S/C34H35NO5/c1-22-30(33(37)40-21-24-13-9-6-10-14-24)31(32-26(35-22)18-34(2,3)19-27(32)36)25-15-16-28(29(17-25)38-4)39-20-23-11-7-5-8-12-23/h5-17,30-31H,18-21H2,1-4H3/t30?,31-/m1/s1. The average molecular weight is 538 g/mol. The Labute approximate surface area is 235 Å². The van der Waals surface area contributed by atoms with Gasteiger partial charge >= 0.3 is 5.97 Å². The van der Waals surface area contributed by atoms with Crippen LogP contribution in [0, 0.1) is 11.3 Å². The van der Waals surface area contributed by atoms with Crippen molar-refractivity contribution >= 4 is 17.5 Å². The highest BCUT2D eigenvalue weighted by Gasteiger charge is 2.46. The first-order valence-electron chi connectivity index (χ1n) is 13.6. The largest absolute Gasteiger partial charge is 0.493 e. The maximum atomic E-state index is 13.7. The van der Waals surface area contributed by atoms with Gasteiger partial charge in [0.05, 0.1) is 7.11 Å². The van der Waals surface area contributed by atoms with Gasteiger partial charge in [-0.25, -0.2) is 0 Å². The number of Topliss-reactive ketones (excluding diaryl/α,β-unsaturated/α-hetero) is 1. The number of aliphatic imine (C=N–C) groups is 1. The summed E-state index contributed by atoms with van der Waals surface area (Å²) in [5.41, 5.74) is 4.55. The van der Waals surface area contributed by atoms with Crippen molar-refractivity contribution in [3.8, 4) is 11.5 Å². The van der Waals surface area contributed by atoms with Crippen LogP contribution in [0.4, 0.5) is 0 Å². The number of carbonyl (C=O) groups excluding carboxylic acids is 2. The van der Waals surface area contributed by atoms with Gasteiger partial charge in [-0.3, -0.25) is 14.6 Å². The molecule has 0 aromatic heterocycles. The van der Waals surface area contributed by atoms with Gasteiger partial charge in [-0.05, 0) is 47.6 Å². The topological polar surface area (TPSA) is 74.2 Å². The maximum absolute atomic E-state index is 13.7. The molecule has 3 aromatic carbocycles. The van der Waals surface area contributed by atoms with E-state index in [-0.39, 0.29) is 17.8 Å². The minimum absolute atomic E-state index is 0.0248. The Morgan fingerprint density at radius 1 is 0.900 bits per heavy atom. The molecule has 0 radical (unpaired) electrons. The third-order valence-electron chi connectivity index (χ3n) is 7.56. The number of hydrogen-bond donors (Lipinski definition) is 0. The van der Waals surface area contributed by atoms with E-state index < -0.39 is 17.8 Å². The van der Waals surface area contributed by atoms with Crippen molar-refractivity contribution in [3.05, 3.63) is 107 Å². The summed E-state index contributed by atoms with van der Waals surface area (Å²) in [6, 6.07) is 25.1. The molecule has 5 rings (SSSR count). The monoisotopic (exact) mass is 537 g/mol. The minimum Gasteiger partial charge on any atom is -0.493 e. The Kier molecular flexibility index (Phi) is 7.88. The molecule has 40 heavy (non-hydrogen) atoms. The van der Waals surface area contributed by atoms with Crippen LogP contribution in [-0.2, 0) is 27.5 Å². The molecule has 3 aromatic rings. The van der Waals surface area contributed by atoms with Crippen LogP contribution in [0.1, 0.15) is 56.2 Å². The number of ketones is 1. The quantitative estimate of drug-likeness (QED) is 0.294. The second-order valence-electron chi connectivity index (χ2n) is 11.3. The molecule has 0 saturated heterocycles. The highest BCUT2D eigenvalue weighted by Crippen LogP contribution is 2.49. The zero-order valence-corrected chi connectivity index (χ0v) is 23.5. The Hall–Kier alpha value is -4.19. The summed E-state index contributed by atoms with van der Waals surface area (Å²) in [5.74, 6) is -0.509. The van der Waals surface area contributed by atoms with Gasteiger partial charge in [0.25, 0.3) is 0 Å². The summed E-state index contributed by atoms with van der Waals surface area (Å²) < 4.78 is 17.6. The third kappa shape index (κ3) is 5.86. The van der Waals surface area contributed by atoms with Crippen molar-refractivity contribution in [1.82, 2.24) is 0 Å². The molecule has 1 heterocycles. The normalized spacial score (nSPS) is 19.9. The first kappa shape index (κ1) is 27.4. The summed E-state index contributed by atoms with van der Waals surface area (Å²) in [5, 5.41) is 0. The van der Waals surface area contributed by atoms with Gasteiger partial charge in [0.15, 0.2) is 17.3 Å². The molecule has 6 nitrogen and oxygen atoms in total. The van der Waals surface area contributed by atoms with Gasteiger partial charge in [0.2, 0.25) is 0 Å². The van der Waals surface area contributed by atoms with Crippen LogP contribution < -0.4 is 9.47 Å². The summed E-state index contributed by atoms with van der Waals surface area (Å²) in [6.07, 6.45) is 1.07. The van der Waals surface area contributed by atoms with Crippen LogP contribution in [0.25, 0.3) is 0 Å². The lowest BCUT2D eigenvalue weighted by molar-refractivity contribution is -0.148. The minimum atomic E-state index is -0.728. The molecule has 1 aliphatic carbocycles. The van der Waals surface area contributed by atoms with Crippen molar-refractivity contribution in [2.24, 2.45) is 16.3 Å². The van der Waals surface area contributed by atoms with E-state index in [0.29, 0.717) is 42.2 Å². The van der Waals surface area contributed by atoms with Crippen LogP contribution in [0.2, 0.25) is 0 Å². The predicted octanol–water partition coefficient (Wildman–Crippen LogP) is 6.84. The Bertz CT molecular complexity index is 1460. The number of carbonyl (C=O) groups is 2. The van der Waals surface area contributed by atoms with Crippen molar-refractivity contribution in [2.45, 2.75) is 52.7 Å². The van der Waals surface area contributed by atoms with Gasteiger partial charge in [-0.2, -0.15) is 0 Å². The second kappa shape index (κ2) is 11.5. The average Bonchev–Trinajstić information content (AvgIpc) is 2.94. The molecule has 0 bridgehead atoms. The Morgan fingerprint density at radius 3 is 2.20 bits per heavy atom. The zero-order chi connectivity index (χ0) is 28.3. The number of nitrogens with zero attached hydrogens (tertiary/aromatic N) is 1. The van der Waals surface area contributed by atoms with E-state index in [2.05, 4.69) is 13.8 Å². The lowest BCUT2D eigenvalue weighted by Gasteiger charge is -2.39. The lowest BCUT2D eigenvalue weighted by atomic mass is 9.67. The highest BCUT2D eigenvalue weighted by molar-refractivity contribution is 6.09. The number of benzene rings is 3. The molecule has 2 aliphatic rings. The Morgan fingerprint density at radius 2 is 1.55 bits per heavy atom. The fourth-order valence-corrected chi connectivity index (χ4v) is 5.66. The fraction of sp³-hybridized carbons (Fsp3) is 0.324. The lowest BCUT2D eigenvalue weighted by Crippen LogP contribution is -2.39. The number of allylic oxidation sites excluding steroid dienone is 2.